The lowest BCUT2D eigenvalue weighted by Crippen LogP contribution is -1.80. The zero-order valence-corrected chi connectivity index (χ0v) is 6.00. The van der Waals surface area contributed by atoms with Gasteiger partial charge < -0.3 is 0 Å². The summed E-state index contributed by atoms with van der Waals surface area (Å²) in [6.45, 7) is 1.29. The van der Waals surface area contributed by atoms with Gasteiger partial charge in [-0.3, -0.25) is 0 Å². The molecule has 0 atom stereocenters. The number of halogens is 3. The third-order valence-electron chi connectivity index (χ3n) is 1.51. The summed E-state index contributed by atoms with van der Waals surface area (Å²) in [6, 6.07) is 0. The van der Waals surface area contributed by atoms with Crippen molar-refractivity contribution in [1.82, 2.24) is 0 Å². The first kappa shape index (κ1) is 8.11. The van der Waals surface area contributed by atoms with Gasteiger partial charge in [-0.05, 0) is 13.0 Å². The quantitative estimate of drug-likeness (QED) is 0.509. The molecule has 0 aromatic rings. The molecule has 11 heavy (non-hydrogen) atoms. The summed E-state index contributed by atoms with van der Waals surface area (Å²) in [6.07, 6.45) is 1.52. The van der Waals surface area contributed by atoms with Crippen LogP contribution in [0.5, 0.6) is 0 Å². The SMILES string of the molecule is CC1=C(F)CC=C(F)C=C1F. The van der Waals surface area contributed by atoms with Gasteiger partial charge in [-0.15, -0.1) is 0 Å². The van der Waals surface area contributed by atoms with Gasteiger partial charge in [-0.2, -0.15) is 0 Å². The molecule has 60 valence electrons. The van der Waals surface area contributed by atoms with Gasteiger partial charge in [0.05, 0.1) is 0 Å². The lowest BCUT2D eigenvalue weighted by molar-refractivity contribution is 0.582. The molecule has 0 bridgehead atoms. The van der Waals surface area contributed by atoms with E-state index >= 15 is 0 Å². The van der Waals surface area contributed by atoms with Gasteiger partial charge in [0.15, 0.2) is 0 Å². The van der Waals surface area contributed by atoms with E-state index in [2.05, 4.69) is 0 Å². The van der Waals surface area contributed by atoms with Crippen LogP contribution < -0.4 is 0 Å². The minimum atomic E-state index is -0.839. The summed E-state index contributed by atoms with van der Waals surface area (Å²) in [5, 5.41) is 0. The van der Waals surface area contributed by atoms with E-state index in [0.717, 1.165) is 6.08 Å². The molecule has 1 aliphatic carbocycles. The van der Waals surface area contributed by atoms with Gasteiger partial charge in [0.2, 0.25) is 0 Å². The molecule has 0 amide bonds. The summed E-state index contributed by atoms with van der Waals surface area (Å²) in [7, 11) is 0. The Hall–Kier alpha value is -0.990. The van der Waals surface area contributed by atoms with E-state index in [4.69, 9.17) is 0 Å². The molecule has 1 rings (SSSR count). The number of rotatable bonds is 0. The second kappa shape index (κ2) is 2.95. The fourth-order valence-corrected chi connectivity index (χ4v) is 0.758. The molecule has 0 saturated heterocycles. The second-order valence-corrected chi connectivity index (χ2v) is 2.32. The van der Waals surface area contributed by atoms with E-state index in [-0.39, 0.29) is 12.0 Å². The smallest absolute Gasteiger partial charge is 0.131 e. The van der Waals surface area contributed by atoms with Crippen LogP contribution in [0.4, 0.5) is 13.2 Å². The van der Waals surface area contributed by atoms with Gasteiger partial charge >= 0.3 is 0 Å². The van der Waals surface area contributed by atoms with Gasteiger partial charge in [0.25, 0.3) is 0 Å². The Balaban J connectivity index is 3.05. The molecule has 0 saturated carbocycles. The summed E-state index contributed by atoms with van der Waals surface area (Å²) in [5.41, 5.74) is -0.117. The van der Waals surface area contributed by atoms with Gasteiger partial charge in [-0.25, -0.2) is 13.2 Å². The Bertz CT molecular complexity index is 259. The summed E-state index contributed by atoms with van der Waals surface area (Å²) in [4.78, 5) is 0. The van der Waals surface area contributed by atoms with Crippen molar-refractivity contribution in [3.8, 4) is 0 Å². The maximum Gasteiger partial charge on any atom is 0.131 e. The van der Waals surface area contributed by atoms with Crippen molar-refractivity contribution in [2.24, 2.45) is 0 Å². The van der Waals surface area contributed by atoms with Crippen molar-refractivity contribution in [1.29, 1.82) is 0 Å². The van der Waals surface area contributed by atoms with Crippen LogP contribution in [0.25, 0.3) is 0 Å². The molecule has 0 radical (unpaired) electrons. The molecule has 0 aromatic heterocycles. The maximum atomic E-state index is 12.6. The van der Waals surface area contributed by atoms with E-state index in [1.54, 1.807) is 0 Å². The lowest BCUT2D eigenvalue weighted by atomic mass is 10.2. The van der Waals surface area contributed by atoms with Crippen molar-refractivity contribution in [2.75, 3.05) is 0 Å². The maximum absolute atomic E-state index is 12.6. The molecule has 1 aliphatic rings. The molecular formula is C8H7F3. The first-order chi connectivity index (χ1) is 5.11. The number of hydrogen-bond acceptors (Lipinski definition) is 0. The van der Waals surface area contributed by atoms with Crippen LogP contribution in [-0.4, -0.2) is 0 Å². The third-order valence-corrected chi connectivity index (χ3v) is 1.51. The summed E-state index contributed by atoms with van der Waals surface area (Å²) in [5.74, 6) is -2.19. The lowest BCUT2D eigenvalue weighted by Gasteiger charge is -1.95. The summed E-state index contributed by atoms with van der Waals surface area (Å²) >= 11 is 0. The zero-order chi connectivity index (χ0) is 8.43. The molecule has 0 fully saturated rings. The molecule has 0 N–H and O–H groups in total. The van der Waals surface area contributed by atoms with Gasteiger partial charge in [-0.1, -0.05) is 0 Å². The molecule has 0 unspecified atom stereocenters. The second-order valence-electron chi connectivity index (χ2n) is 2.32. The largest absolute Gasteiger partial charge is 0.211 e. The standard InChI is InChI=1S/C8H7F3/c1-5-7(10)3-2-6(9)4-8(5)11/h2,4H,3H2,1H3. The predicted molar refractivity (Wildman–Crippen MR) is 36.8 cm³/mol. The normalized spacial score (nSPS) is 19.3. The Labute approximate surface area is 62.7 Å². The van der Waals surface area contributed by atoms with Crippen molar-refractivity contribution < 1.29 is 13.2 Å². The van der Waals surface area contributed by atoms with E-state index in [1.165, 1.54) is 6.92 Å². The topological polar surface area (TPSA) is 0 Å². The number of allylic oxidation sites excluding steroid dienone is 6. The molecule has 0 nitrogen and oxygen atoms in total. The van der Waals surface area contributed by atoms with Crippen molar-refractivity contribution in [3.05, 3.63) is 35.2 Å². The van der Waals surface area contributed by atoms with Gasteiger partial charge in [0, 0.05) is 18.1 Å². The Morgan fingerprint density at radius 3 is 2.55 bits per heavy atom. The third kappa shape index (κ3) is 1.73. The first-order valence-corrected chi connectivity index (χ1v) is 3.19. The summed E-state index contributed by atoms with van der Waals surface area (Å²) < 4.78 is 37.7. The van der Waals surface area contributed by atoms with Crippen LogP contribution in [0.2, 0.25) is 0 Å². The van der Waals surface area contributed by atoms with Crippen LogP contribution in [0.15, 0.2) is 35.2 Å². The highest BCUT2D eigenvalue weighted by Crippen LogP contribution is 2.25. The Kier molecular flexibility index (Phi) is 2.17. The minimum Gasteiger partial charge on any atom is -0.211 e. The molecule has 0 aliphatic heterocycles. The molecular weight excluding hydrogens is 153 g/mol. The molecule has 3 heteroatoms. The Morgan fingerprint density at radius 1 is 1.27 bits per heavy atom. The van der Waals surface area contributed by atoms with Crippen LogP contribution in [-0.2, 0) is 0 Å². The molecule has 0 aromatic carbocycles. The zero-order valence-electron chi connectivity index (χ0n) is 6.00. The van der Waals surface area contributed by atoms with Crippen molar-refractivity contribution in [2.45, 2.75) is 13.3 Å². The molecule has 0 heterocycles. The van der Waals surface area contributed by atoms with E-state index in [0.29, 0.717) is 6.08 Å². The van der Waals surface area contributed by atoms with Crippen LogP contribution in [0.3, 0.4) is 0 Å². The van der Waals surface area contributed by atoms with Crippen molar-refractivity contribution in [3.63, 3.8) is 0 Å². The first-order valence-electron chi connectivity index (χ1n) is 3.19. The monoisotopic (exact) mass is 160 g/mol. The fourth-order valence-electron chi connectivity index (χ4n) is 0.758. The van der Waals surface area contributed by atoms with Crippen LogP contribution >= 0.6 is 0 Å². The highest BCUT2D eigenvalue weighted by atomic mass is 19.1. The van der Waals surface area contributed by atoms with Gasteiger partial charge in [0.1, 0.15) is 17.5 Å². The van der Waals surface area contributed by atoms with Crippen LogP contribution in [0.1, 0.15) is 13.3 Å². The average molecular weight is 160 g/mol. The van der Waals surface area contributed by atoms with E-state index < -0.39 is 17.5 Å². The number of hydrogen-bond donors (Lipinski definition) is 0. The minimum absolute atomic E-state index is 0.117. The molecule has 0 spiro atoms. The van der Waals surface area contributed by atoms with Crippen LogP contribution in [0, 0.1) is 0 Å². The highest BCUT2D eigenvalue weighted by Gasteiger charge is 2.10. The van der Waals surface area contributed by atoms with E-state index in [1.807, 2.05) is 0 Å². The highest BCUT2D eigenvalue weighted by molar-refractivity contribution is 5.34. The van der Waals surface area contributed by atoms with E-state index in [9.17, 15) is 13.2 Å². The Morgan fingerprint density at radius 2 is 1.91 bits per heavy atom. The van der Waals surface area contributed by atoms with Crippen molar-refractivity contribution >= 4 is 0 Å². The fraction of sp³-hybridized carbons (Fsp3) is 0.250. The average Bonchev–Trinajstić information content (AvgIpc) is 2.05. The predicted octanol–water partition coefficient (Wildman–Crippen LogP) is 3.34.